The van der Waals surface area contributed by atoms with E-state index in [1.165, 1.54) is 19.3 Å². The van der Waals surface area contributed by atoms with Crippen molar-refractivity contribution in [3.63, 3.8) is 0 Å². The quantitative estimate of drug-likeness (QED) is 0.822. The Bertz CT molecular complexity index is 395. The average Bonchev–Trinajstić information content (AvgIpc) is 2.29. The summed E-state index contributed by atoms with van der Waals surface area (Å²) >= 11 is 12.1. The van der Waals surface area contributed by atoms with Crippen molar-refractivity contribution < 1.29 is 5.11 Å². The van der Waals surface area contributed by atoms with E-state index in [9.17, 15) is 5.11 Å². The van der Waals surface area contributed by atoms with Crippen LogP contribution in [0.25, 0.3) is 0 Å². The maximum atomic E-state index is 10.8. The smallest absolute Gasteiger partial charge is 0.0910 e. The van der Waals surface area contributed by atoms with Gasteiger partial charge in [0.25, 0.3) is 0 Å². The molecule has 0 saturated heterocycles. The van der Waals surface area contributed by atoms with Gasteiger partial charge < -0.3 is 5.11 Å². The maximum Gasteiger partial charge on any atom is 0.0910 e. The lowest BCUT2D eigenvalue weighted by Gasteiger charge is -2.36. The van der Waals surface area contributed by atoms with Gasteiger partial charge in [0.1, 0.15) is 0 Å². The Balaban J connectivity index is 2.29. The molecule has 0 radical (unpaired) electrons. The Morgan fingerprint density at radius 2 is 1.82 bits per heavy atom. The van der Waals surface area contributed by atoms with Crippen LogP contribution in [-0.4, -0.2) is 5.11 Å². The summed E-state index contributed by atoms with van der Waals surface area (Å²) in [7, 11) is 0. The summed E-state index contributed by atoms with van der Waals surface area (Å²) in [6.45, 7) is 1.87. The van der Waals surface area contributed by atoms with Gasteiger partial charge in [-0.2, -0.15) is 0 Å². The van der Waals surface area contributed by atoms with E-state index >= 15 is 0 Å². The zero-order valence-electron chi connectivity index (χ0n) is 10.0. The van der Waals surface area contributed by atoms with E-state index in [0.29, 0.717) is 16.0 Å². The van der Waals surface area contributed by atoms with Crippen LogP contribution in [0.4, 0.5) is 0 Å². The zero-order chi connectivity index (χ0) is 12.5. The predicted octanol–water partition coefficient (Wildman–Crippen LogP) is 4.78. The van der Waals surface area contributed by atoms with Crippen LogP contribution in [0.2, 0.25) is 10.0 Å². The first-order valence-electron chi connectivity index (χ1n) is 6.19. The average molecular weight is 273 g/mol. The molecular formula is C14H18Cl2O. The Morgan fingerprint density at radius 3 is 2.41 bits per heavy atom. The molecule has 1 nitrogen and oxygen atoms in total. The highest BCUT2D eigenvalue weighted by atomic mass is 35.5. The fourth-order valence-corrected chi connectivity index (χ4v) is 3.38. The fraction of sp³-hybridized carbons (Fsp3) is 0.571. The SMILES string of the molecule is CC(O)(c1ccc(Cl)cc1Cl)C1CCCCC1. The van der Waals surface area contributed by atoms with Crippen LogP contribution in [0.1, 0.15) is 44.6 Å². The van der Waals surface area contributed by atoms with Gasteiger partial charge in [0.2, 0.25) is 0 Å². The highest BCUT2D eigenvalue weighted by Crippen LogP contribution is 2.41. The lowest BCUT2D eigenvalue weighted by Crippen LogP contribution is -2.33. The second kappa shape index (κ2) is 5.17. The Hall–Kier alpha value is -0.240. The summed E-state index contributed by atoms with van der Waals surface area (Å²) in [4.78, 5) is 0. The first kappa shape index (κ1) is 13.2. The number of hydrogen-bond acceptors (Lipinski definition) is 1. The van der Waals surface area contributed by atoms with Crippen LogP contribution >= 0.6 is 23.2 Å². The molecule has 1 N–H and O–H groups in total. The van der Waals surface area contributed by atoms with E-state index in [4.69, 9.17) is 23.2 Å². The molecule has 0 aromatic heterocycles. The van der Waals surface area contributed by atoms with Gasteiger partial charge in [-0.1, -0.05) is 48.5 Å². The third-order valence-electron chi connectivity index (χ3n) is 3.88. The van der Waals surface area contributed by atoms with E-state index in [-0.39, 0.29) is 0 Å². The number of benzene rings is 1. The van der Waals surface area contributed by atoms with E-state index < -0.39 is 5.60 Å². The monoisotopic (exact) mass is 272 g/mol. The molecule has 17 heavy (non-hydrogen) atoms. The van der Waals surface area contributed by atoms with E-state index in [2.05, 4.69) is 0 Å². The first-order valence-corrected chi connectivity index (χ1v) is 6.95. The van der Waals surface area contributed by atoms with Crippen molar-refractivity contribution in [1.29, 1.82) is 0 Å². The fourth-order valence-electron chi connectivity index (χ4n) is 2.78. The van der Waals surface area contributed by atoms with Gasteiger partial charge >= 0.3 is 0 Å². The van der Waals surface area contributed by atoms with Crippen LogP contribution in [0.15, 0.2) is 18.2 Å². The zero-order valence-corrected chi connectivity index (χ0v) is 11.6. The summed E-state index contributed by atoms with van der Waals surface area (Å²) in [5.41, 5.74) is -0.0438. The minimum Gasteiger partial charge on any atom is -0.385 e. The molecule has 0 aliphatic heterocycles. The largest absolute Gasteiger partial charge is 0.385 e. The second-order valence-corrected chi connectivity index (χ2v) is 5.95. The molecular weight excluding hydrogens is 255 g/mol. The van der Waals surface area contributed by atoms with Gasteiger partial charge in [-0.15, -0.1) is 0 Å². The van der Waals surface area contributed by atoms with Crippen molar-refractivity contribution in [3.05, 3.63) is 33.8 Å². The van der Waals surface area contributed by atoms with Crippen LogP contribution in [0.5, 0.6) is 0 Å². The van der Waals surface area contributed by atoms with Crippen molar-refractivity contribution in [2.75, 3.05) is 0 Å². The molecule has 0 heterocycles. The van der Waals surface area contributed by atoms with E-state index in [0.717, 1.165) is 18.4 Å². The molecule has 1 fully saturated rings. The molecule has 94 valence electrons. The summed E-state index contributed by atoms with van der Waals surface area (Å²) in [5, 5.41) is 11.9. The van der Waals surface area contributed by atoms with Gasteiger partial charge in [-0.25, -0.2) is 0 Å². The molecule has 0 spiro atoms. The summed E-state index contributed by atoms with van der Waals surface area (Å²) in [5.74, 6) is 0.301. The van der Waals surface area contributed by atoms with Crippen LogP contribution in [-0.2, 0) is 5.60 Å². The molecule has 1 saturated carbocycles. The first-order chi connectivity index (χ1) is 8.01. The second-order valence-electron chi connectivity index (χ2n) is 5.11. The third-order valence-corrected chi connectivity index (χ3v) is 4.42. The topological polar surface area (TPSA) is 20.2 Å². The molecule has 3 heteroatoms. The molecule has 1 aliphatic carbocycles. The lowest BCUT2D eigenvalue weighted by molar-refractivity contribution is -0.0214. The number of halogens is 2. The summed E-state index contributed by atoms with van der Waals surface area (Å²) < 4.78 is 0. The maximum absolute atomic E-state index is 10.8. The molecule has 0 amide bonds. The Morgan fingerprint density at radius 1 is 1.18 bits per heavy atom. The Kier molecular flexibility index (Phi) is 4.02. The Labute approximate surface area is 113 Å². The number of hydrogen-bond donors (Lipinski definition) is 1. The van der Waals surface area contributed by atoms with Gasteiger partial charge in [0.15, 0.2) is 0 Å². The van der Waals surface area contributed by atoms with E-state index in [1.807, 2.05) is 13.0 Å². The lowest BCUT2D eigenvalue weighted by atomic mass is 9.74. The van der Waals surface area contributed by atoms with Crippen LogP contribution in [0.3, 0.4) is 0 Å². The van der Waals surface area contributed by atoms with Gasteiger partial charge in [0.05, 0.1) is 5.60 Å². The van der Waals surface area contributed by atoms with Gasteiger partial charge in [-0.3, -0.25) is 0 Å². The van der Waals surface area contributed by atoms with Crippen LogP contribution < -0.4 is 0 Å². The molecule has 1 unspecified atom stereocenters. The highest BCUT2D eigenvalue weighted by Gasteiger charge is 2.35. The summed E-state index contributed by atoms with van der Waals surface area (Å²) in [6.07, 6.45) is 5.83. The van der Waals surface area contributed by atoms with Crippen molar-refractivity contribution >= 4 is 23.2 Å². The van der Waals surface area contributed by atoms with Crippen LogP contribution in [0, 0.1) is 5.92 Å². The molecule has 0 bridgehead atoms. The van der Waals surface area contributed by atoms with Crippen molar-refractivity contribution in [2.24, 2.45) is 5.92 Å². The summed E-state index contributed by atoms with van der Waals surface area (Å²) in [6, 6.07) is 5.34. The van der Waals surface area contributed by atoms with Crippen molar-refractivity contribution in [3.8, 4) is 0 Å². The molecule has 1 atom stereocenters. The number of rotatable bonds is 2. The van der Waals surface area contributed by atoms with Gasteiger partial charge in [0, 0.05) is 15.6 Å². The van der Waals surface area contributed by atoms with Crippen molar-refractivity contribution in [2.45, 2.75) is 44.6 Å². The predicted molar refractivity (Wildman–Crippen MR) is 72.6 cm³/mol. The molecule has 1 aromatic carbocycles. The molecule has 2 rings (SSSR count). The van der Waals surface area contributed by atoms with Crippen molar-refractivity contribution in [1.82, 2.24) is 0 Å². The minimum atomic E-state index is -0.845. The molecule has 1 aliphatic rings. The molecule has 1 aromatic rings. The standard InChI is InChI=1S/C14H18Cl2O/c1-14(17,10-5-3-2-4-6-10)12-8-7-11(15)9-13(12)16/h7-10,17H,2-6H2,1H3. The minimum absolute atomic E-state index is 0.301. The van der Waals surface area contributed by atoms with E-state index in [1.54, 1.807) is 12.1 Å². The number of aliphatic hydroxyl groups is 1. The van der Waals surface area contributed by atoms with Gasteiger partial charge in [-0.05, 0) is 37.8 Å². The third kappa shape index (κ3) is 2.78. The highest BCUT2D eigenvalue weighted by molar-refractivity contribution is 6.35. The normalized spacial score (nSPS) is 21.2.